The van der Waals surface area contributed by atoms with E-state index in [4.69, 9.17) is 0 Å². The molecule has 41 heavy (non-hydrogen) atoms. The summed E-state index contributed by atoms with van der Waals surface area (Å²) in [6.07, 6.45) is 27.0. The van der Waals surface area contributed by atoms with Gasteiger partial charge in [-0.1, -0.05) is 179 Å². The molecule has 2 aromatic carbocycles. The molecule has 0 atom stereocenters. The van der Waals surface area contributed by atoms with Crippen molar-refractivity contribution in [2.45, 2.75) is 166 Å². The second-order valence-corrected chi connectivity index (χ2v) is 17.7. The van der Waals surface area contributed by atoms with Crippen molar-refractivity contribution in [1.82, 2.24) is 0 Å². The summed E-state index contributed by atoms with van der Waals surface area (Å²) in [6.45, 7) is 4.56. The first kappa shape index (κ1) is 35.7. The van der Waals surface area contributed by atoms with Gasteiger partial charge in [0.25, 0.3) is 0 Å². The summed E-state index contributed by atoms with van der Waals surface area (Å²) in [4.78, 5) is 0. The van der Waals surface area contributed by atoms with Crippen LogP contribution in [0.2, 0.25) is 12.1 Å². The highest BCUT2D eigenvalue weighted by Gasteiger charge is 2.32. The number of hydrogen-bond donors (Lipinski definition) is 0. The first-order chi connectivity index (χ1) is 20.1. The van der Waals surface area contributed by atoms with Gasteiger partial charge in [-0.3, -0.25) is 0 Å². The molecule has 0 spiro atoms. The van der Waals surface area contributed by atoms with Crippen LogP contribution >= 0.6 is 0 Å². The van der Waals surface area contributed by atoms with Gasteiger partial charge in [0.05, 0.1) is 8.07 Å². The van der Waals surface area contributed by atoms with Gasteiger partial charge in [0.1, 0.15) is 11.6 Å². The number of rotatable bonds is 26. The predicted molar refractivity (Wildman–Crippen MR) is 179 cm³/mol. The van der Waals surface area contributed by atoms with Gasteiger partial charge in [-0.05, 0) is 47.5 Å². The van der Waals surface area contributed by atoms with Crippen LogP contribution in [0.15, 0.2) is 48.5 Å². The lowest BCUT2D eigenvalue weighted by Gasteiger charge is -2.33. The van der Waals surface area contributed by atoms with Crippen LogP contribution < -0.4 is 0 Å². The predicted octanol–water partition coefficient (Wildman–Crippen LogP) is 13.1. The van der Waals surface area contributed by atoms with E-state index in [-0.39, 0.29) is 11.6 Å². The van der Waals surface area contributed by atoms with Gasteiger partial charge in [-0.2, -0.15) is 0 Å². The first-order valence-electron chi connectivity index (χ1n) is 17.6. The third-order valence-electron chi connectivity index (χ3n) is 9.06. The van der Waals surface area contributed by atoms with E-state index in [1.165, 1.54) is 141 Å². The monoisotopic (exact) mass is 584 g/mol. The average molecular weight is 585 g/mol. The Hall–Kier alpha value is -1.48. The Morgan fingerprint density at radius 1 is 0.439 bits per heavy atom. The van der Waals surface area contributed by atoms with Gasteiger partial charge >= 0.3 is 0 Å². The molecule has 0 saturated heterocycles. The molecule has 0 aliphatic rings. The molecular formula is C38H62F2Si. The molecule has 0 fully saturated rings. The van der Waals surface area contributed by atoms with Crippen molar-refractivity contribution in [3.63, 3.8) is 0 Å². The molecule has 2 aromatic rings. The molecule has 0 radical (unpaired) electrons. The van der Waals surface area contributed by atoms with Crippen molar-refractivity contribution in [2.24, 2.45) is 0 Å². The Bertz CT molecular complexity index is 822. The number of halogens is 2. The van der Waals surface area contributed by atoms with Crippen LogP contribution in [0.3, 0.4) is 0 Å². The van der Waals surface area contributed by atoms with E-state index in [0.29, 0.717) is 0 Å². The standard InChI is InChI=1S/C38H62F2Si/c1-3-5-7-9-11-13-15-17-19-21-29-41(33-35-25-23-27-37(39)31-35,34-36-26-24-28-38(40)32-36)30-22-20-18-16-14-12-10-8-6-4-2/h23-28,31-32H,3-22,29-30,33-34H2,1-2H3. The molecule has 3 heteroatoms. The Morgan fingerprint density at radius 3 is 1.07 bits per heavy atom. The second kappa shape index (κ2) is 23.0. The Morgan fingerprint density at radius 2 is 0.756 bits per heavy atom. The van der Waals surface area contributed by atoms with Crippen LogP contribution in [0.25, 0.3) is 0 Å². The smallest absolute Gasteiger partial charge is 0.123 e. The number of unbranched alkanes of at least 4 members (excludes halogenated alkanes) is 18. The maximum atomic E-state index is 14.2. The van der Waals surface area contributed by atoms with Crippen molar-refractivity contribution in [3.05, 3.63) is 71.3 Å². The van der Waals surface area contributed by atoms with Crippen molar-refractivity contribution in [1.29, 1.82) is 0 Å². The molecule has 0 bridgehead atoms. The molecule has 0 N–H and O–H groups in total. The largest absolute Gasteiger partial charge is 0.207 e. The summed E-state index contributed by atoms with van der Waals surface area (Å²) in [5.74, 6) is -0.261. The Kier molecular flexibility index (Phi) is 20.1. The van der Waals surface area contributed by atoms with Crippen molar-refractivity contribution >= 4 is 8.07 Å². The van der Waals surface area contributed by atoms with Crippen LogP contribution in [0, 0.1) is 11.6 Å². The highest BCUT2D eigenvalue weighted by molar-refractivity contribution is 6.78. The molecule has 2 rings (SSSR count). The average Bonchev–Trinajstić information content (AvgIpc) is 2.95. The first-order valence-corrected chi connectivity index (χ1v) is 20.4. The molecular weight excluding hydrogens is 523 g/mol. The molecule has 0 aliphatic carbocycles. The summed E-state index contributed by atoms with van der Waals surface area (Å²) in [7, 11) is -1.84. The molecule has 0 heterocycles. The van der Waals surface area contributed by atoms with Crippen LogP contribution in [0.4, 0.5) is 8.78 Å². The molecule has 232 valence electrons. The highest BCUT2D eigenvalue weighted by Crippen LogP contribution is 2.31. The molecule has 0 aliphatic heterocycles. The summed E-state index contributed by atoms with van der Waals surface area (Å²) < 4.78 is 28.5. The van der Waals surface area contributed by atoms with Crippen LogP contribution in [-0.2, 0) is 12.1 Å². The quantitative estimate of drug-likeness (QED) is 0.0762. The van der Waals surface area contributed by atoms with Crippen molar-refractivity contribution in [2.75, 3.05) is 0 Å². The van der Waals surface area contributed by atoms with E-state index < -0.39 is 8.07 Å². The Balaban J connectivity index is 1.97. The normalized spacial score (nSPS) is 11.8. The van der Waals surface area contributed by atoms with E-state index in [2.05, 4.69) is 26.0 Å². The molecule has 0 aromatic heterocycles. The summed E-state index contributed by atoms with van der Waals surface area (Å²) in [6, 6.07) is 19.2. The lowest BCUT2D eigenvalue weighted by molar-refractivity contribution is 0.558. The summed E-state index contributed by atoms with van der Waals surface area (Å²) >= 11 is 0. The highest BCUT2D eigenvalue weighted by atomic mass is 28.3. The minimum atomic E-state index is -1.84. The fourth-order valence-electron chi connectivity index (χ4n) is 6.68. The topological polar surface area (TPSA) is 0 Å². The van der Waals surface area contributed by atoms with Gasteiger partial charge in [-0.15, -0.1) is 0 Å². The van der Waals surface area contributed by atoms with E-state index in [9.17, 15) is 8.78 Å². The van der Waals surface area contributed by atoms with E-state index in [1.54, 1.807) is 24.3 Å². The van der Waals surface area contributed by atoms with E-state index in [1.807, 2.05) is 12.1 Å². The maximum absolute atomic E-state index is 14.2. The zero-order valence-electron chi connectivity index (χ0n) is 26.8. The third kappa shape index (κ3) is 17.3. The molecule has 0 saturated carbocycles. The zero-order valence-corrected chi connectivity index (χ0v) is 27.8. The van der Waals surface area contributed by atoms with Crippen LogP contribution in [-0.4, -0.2) is 8.07 Å². The lowest BCUT2D eigenvalue weighted by Crippen LogP contribution is -2.40. The van der Waals surface area contributed by atoms with Gasteiger partial charge in [-0.25, -0.2) is 8.78 Å². The summed E-state index contributed by atoms with van der Waals surface area (Å²) in [5.41, 5.74) is 2.29. The van der Waals surface area contributed by atoms with E-state index >= 15 is 0 Å². The minimum Gasteiger partial charge on any atom is -0.207 e. The van der Waals surface area contributed by atoms with Crippen molar-refractivity contribution in [3.8, 4) is 0 Å². The fraction of sp³-hybridized carbons (Fsp3) is 0.684. The van der Waals surface area contributed by atoms with Crippen LogP contribution in [0.5, 0.6) is 0 Å². The summed E-state index contributed by atoms with van der Waals surface area (Å²) in [5, 5.41) is 0. The van der Waals surface area contributed by atoms with Gasteiger partial charge in [0.15, 0.2) is 0 Å². The van der Waals surface area contributed by atoms with Crippen LogP contribution in [0.1, 0.15) is 153 Å². The zero-order chi connectivity index (χ0) is 29.4. The lowest BCUT2D eigenvalue weighted by atomic mass is 10.1. The second-order valence-electron chi connectivity index (χ2n) is 13.0. The molecule has 0 amide bonds. The fourth-order valence-corrected chi connectivity index (χ4v) is 11.9. The SMILES string of the molecule is CCCCCCCCCCCC[Si](CCCCCCCCCCCC)(Cc1cccc(F)c1)Cc1cccc(F)c1. The number of hydrogen-bond acceptors (Lipinski definition) is 0. The van der Waals surface area contributed by atoms with Crippen molar-refractivity contribution < 1.29 is 8.78 Å². The maximum Gasteiger partial charge on any atom is 0.123 e. The van der Waals surface area contributed by atoms with Gasteiger partial charge in [0, 0.05) is 0 Å². The minimum absolute atomic E-state index is 0.131. The number of benzene rings is 2. The molecule has 0 nitrogen and oxygen atoms in total. The molecule has 0 unspecified atom stereocenters. The van der Waals surface area contributed by atoms with Gasteiger partial charge < -0.3 is 0 Å². The van der Waals surface area contributed by atoms with E-state index in [0.717, 1.165) is 23.2 Å². The Labute approximate surface area is 254 Å². The third-order valence-corrected chi connectivity index (χ3v) is 14.2. The van der Waals surface area contributed by atoms with Gasteiger partial charge in [0.2, 0.25) is 0 Å².